The number of carbonyl (C=O) groups excluding carboxylic acids is 1. The van der Waals surface area contributed by atoms with Gasteiger partial charge in [0.05, 0.1) is 32.2 Å². The summed E-state index contributed by atoms with van der Waals surface area (Å²) >= 11 is 0. The minimum absolute atomic E-state index is 0. The van der Waals surface area contributed by atoms with Gasteiger partial charge >= 0.3 is 5.97 Å². The molecular weight excluding hydrogens is 276 g/mol. The molecule has 0 aromatic carbocycles. The van der Waals surface area contributed by atoms with Crippen molar-refractivity contribution in [3.8, 4) is 0 Å². The molecule has 0 unspecified atom stereocenters. The van der Waals surface area contributed by atoms with Crippen LogP contribution in [0.15, 0.2) is 12.7 Å². The molecule has 0 aliphatic carbocycles. The third kappa shape index (κ3) is 15.8. The molecule has 0 aromatic heterocycles. The summed E-state index contributed by atoms with van der Waals surface area (Å²) in [5, 5.41) is 0. The second-order valence-electron chi connectivity index (χ2n) is 2.88. The lowest BCUT2D eigenvalue weighted by molar-refractivity contribution is -0.139. The molecule has 7 nitrogen and oxygen atoms in total. The topological polar surface area (TPSA) is 99.1 Å². The van der Waals surface area contributed by atoms with Crippen molar-refractivity contribution < 1.29 is 32.0 Å². The van der Waals surface area contributed by atoms with Crippen LogP contribution in [0.5, 0.6) is 0 Å². The molecule has 0 spiro atoms. The highest BCUT2D eigenvalue weighted by Crippen LogP contribution is 1.85. The molecule has 0 heterocycles. The average Bonchev–Trinajstić information content (AvgIpc) is 2.25. The quantitative estimate of drug-likeness (QED) is 0.186. The van der Waals surface area contributed by atoms with Crippen LogP contribution in [-0.4, -0.2) is 80.8 Å². The first-order chi connectivity index (χ1) is 7.95. The van der Waals surface area contributed by atoms with Crippen molar-refractivity contribution in [1.82, 2.24) is 0 Å². The number of rotatable bonds is 10. The third-order valence-electron chi connectivity index (χ3n) is 1.50. The zero-order chi connectivity index (χ0) is 13.1. The van der Waals surface area contributed by atoms with E-state index in [2.05, 4.69) is 11.3 Å². The van der Waals surface area contributed by atoms with E-state index >= 15 is 0 Å². The number of hydrogen-bond donors (Lipinski definition) is 1. The fraction of sp³-hybridized carbons (Fsp3) is 0.667. The summed E-state index contributed by atoms with van der Waals surface area (Å²) in [5.41, 5.74) is 0. The molecule has 18 heavy (non-hydrogen) atoms. The predicted molar refractivity (Wildman–Crippen MR) is 65.0 cm³/mol. The minimum Gasteiger partial charge on any atom is -0.460 e. The molecule has 1 N–H and O–H groups in total. The van der Waals surface area contributed by atoms with Crippen LogP contribution in [-0.2, 0) is 29.1 Å². The molecule has 2 radical (unpaired) electrons. The molecule has 0 aliphatic rings. The van der Waals surface area contributed by atoms with E-state index in [0.29, 0.717) is 0 Å². The van der Waals surface area contributed by atoms with Crippen molar-refractivity contribution in [2.45, 2.75) is 0 Å². The van der Waals surface area contributed by atoms with Crippen molar-refractivity contribution in [1.29, 1.82) is 0 Å². The molecule has 0 aromatic rings. The van der Waals surface area contributed by atoms with Gasteiger partial charge in [-0.3, -0.25) is 4.55 Å². The maximum absolute atomic E-state index is 10.6. The van der Waals surface area contributed by atoms with Crippen LogP contribution in [0.25, 0.3) is 0 Å². The van der Waals surface area contributed by atoms with Crippen LogP contribution in [0.3, 0.4) is 0 Å². The summed E-state index contributed by atoms with van der Waals surface area (Å²) in [5.74, 6) is -0.956. The van der Waals surface area contributed by atoms with Crippen LogP contribution in [0.2, 0.25) is 0 Å². The Kier molecular flexibility index (Phi) is 13.3. The van der Waals surface area contributed by atoms with Crippen molar-refractivity contribution in [2.24, 2.45) is 0 Å². The lowest BCUT2D eigenvalue weighted by atomic mass is 10.6. The highest BCUT2D eigenvalue weighted by Gasteiger charge is 2.03. The van der Waals surface area contributed by atoms with E-state index in [0.717, 1.165) is 6.08 Å². The first-order valence-corrected chi connectivity index (χ1v) is 6.46. The van der Waals surface area contributed by atoms with Gasteiger partial charge in [-0.15, -0.1) is 0 Å². The number of esters is 1. The van der Waals surface area contributed by atoms with Gasteiger partial charge in [0, 0.05) is 29.1 Å². The Morgan fingerprint density at radius 3 is 2.11 bits per heavy atom. The van der Waals surface area contributed by atoms with Gasteiger partial charge in [0.15, 0.2) is 0 Å². The summed E-state index contributed by atoms with van der Waals surface area (Å²) in [6.45, 7) is 3.93. The Labute approximate surface area is 122 Å². The van der Waals surface area contributed by atoms with Crippen molar-refractivity contribution in [3.05, 3.63) is 12.7 Å². The summed E-state index contributed by atoms with van der Waals surface area (Å²) in [6, 6.07) is 0. The van der Waals surface area contributed by atoms with Crippen LogP contribution in [0.1, 0.15) is 0 Å². The molecule has 102 valence electrons. The standard InChI is InChI=1S/C9H16O7S.Mg/c1-2-9(10)16-6-5-14-3-4-15-7-8-17(11,12)13;/h2H,1,3-8H2,(H,11,12,13);. The second kappa shape index (κ2) is 11.9. The first kappa shape index (κ1) is 20.1. The Bertz CT molecular complexity index is 328. The van der Waals surface area contributed by atoms with E-state index in [1.54, 1.807) is 0 Å². The second-order valence-corrected chi connectivity index (χ2v) is 4.45. The van der Waals surface area contributed by atoms with E-state index < -0.39 is 21.8 Å². The van der Waals surface area contributed by atoms with Crippen LogP contribution < -0.4 is 0 Å². The predicted octanol–water partition coefficient (Wildman–Crippen LogP) is -0.744. The van der Waals surface area contributed by atoms with E-state index in [1.807, 2.05) is 0 Å². The number of ether oxygens (including phenoxy) is 3. The molecule has 0 saturated heterocycles. The number of carbonyl (C=O) groups is 1. The third-order valence-corrected chi connectivity index (χ3v) is 2.18. The first-order valence-electron chi connectivity index (χ1n) is 4.85. The largest absolute Gasteiger partial charge is 0.460 e. The fourth-order valence-electron chi connectivity index (χ4n) is 0.746. The van der Waals surface area contributed by atoms with Gasteiger partial charge in [0.25, 0.3) is 10.1 Å². The molecule has 0 aliphatic heterocycles. The van der Waals surface area contributed by atoms with E-state index in [4.69, 9.17) is 14.0 Å². The highest BCUT2D eigenvalue weighted by atomic mass is 32.2. The van der Waals surface area contributed by atoms with Gasteiger partial charge in [-0.1, -0.05) is 6.58 Å². The van der Waals surface area contributed by atoms with Crippen LogP contribution in [0.4, 0.5) is 0 Å². The number of hydrogen-bond acceptors (Lipinski definition) is 6. The lowest BCUT2D eigenvalue weighted by Gasteiger charge is -2.05. The molecule has 0 saturated carbocycles. The van der Waals surface area contributed by atoms with E-state index in [9.17, 15) is 13.2 Å². The zero-order valence-corrected chi connectivity index (χ0v) is 12.3. The summed E-state index contributed by atoms with van der Waals surface area (Å²) < 4.78 is 43.5. The minimum atomic E-state index is -3.97. The smallest absolute Gasteiger partial charge is 0.330 e. The van der Waals surface area contributed by atoms with E-state index in [-0.39, 0.29) is 56.1 Å². The summed E-state index contributed by atoms with van der Waals surface area (Å²) in [6.07, 6.45) is 1.05. The van der Waals surface area contributed by atoms with Crippen LogP contribution in [0, 0.1) is 0 Å². The maximum Gasteiger partial charge on any atom is 0.330 e. The summed E-state index contributed by atoms with van der Waals surface area (Å²) in [4.78, 5) is 10.6. The molecule has 0 fully saturated rings. The van der Waals surface area contributed by atoms with Gasteiger partial charge in [-0.05, 0) is 0 Å². The molecule has 0 amide bonds. The molecule has 0 rings (SSSR count). The Morgan fingerprint density at radius 1 is 1.11 bits per heavy atom. The SMILES string of the molecule is C=CC(=O)OCCOCCOCCS(=O)(=O)O.[Mg]. The Balaban J connectivity index is 0. The fourth-order valence-corrected chi connectivity index (χ4v) is 1.07. The summed E-state index contributed by atoms with van der Waals surface area (Å²) in [7, 11) is -3.97. The van der Waals surface area contributed by atoms with Gasteiger partial charge in [0.1, 0.15) is 6.61 Å². The van der Waals surface area contributed by atoms with Crippen molar-refractivity contribution in [3.63, 3.8) is 0 Å². The molecule has 0 bridgehead atoms. The van der Waals surface area contributed by atoms with Gasteiger partial charge in [-0.2, -0.15) is 8.42 Å². The Hall–Kier alpha value is -0.194. The normalized spacial score (nSPS) is 10.5. The van der Waals surface area contributed by atoms with Gasteiger partial charge in [0.2, 0.25) is 0 Å². The maximum atomic E-state index is 10.6. The van der Waals surface area contributed by atoms with Crippen LogP contribution >= 0.6 is 0 Å². The van der Waals surface area contributed by atoms with Crippen molar-refractivity contribution in [2.75, 3.05) is 38.8 Å². The molecular formula is C9H16MgO7S. The molecule has 0 atom stereocenters. The van der Waals surface area contributed by atoms with Crippen molar-refractivity contribution >= 4 is 39.1 Å². The molecule has 9 heteroatoms. The zero-order valence-electron chi connectivity index (χ0n) is 10.0. The van der Waals surface area contributed by atoms with Gasteiger partial charge < -0.3 is 14.2 Å². The highest BCUT2D eigenvalue weighted by molar-refractivity contribution is 7.85. The lowest BCUT2D eigenvalue weighted by Crippen LogP contribution is -2.15. The monoisotopic (exact) mass is 292 g/mol. The Morgan fingerprint density at radius 2 is 1.61 bits per heavy atom. The van der Waals surface area contributed by atoms with Gasteiger partial charge in [-0.25, -0.2) is 4.79 Å². The van der Waals surface area contributed by atoms with E-state index in [1.165, 1.54) is 0 Å². The average molecular weight is 293 g/mol.